The van der Waals surface area contributed by atoms with Gasteiger partial charge in [0.15, 0.2) is 5.78 Å². The summed E-state index contributed by atoms with van der Waals surface area (Å²) in [5.41, 5.74) is 5.21. The van der Waals surface area contributed by atoms with Gasteiger partial charge in [0.05, 0.1) is 28.7 Å². The predicted molar refractivity (Wildman–Crippen MR) is 131 cm³/mol. The molecule has 1 amide bonds. The molecule has 0 saturated heterocycles. The lowest BCUT2D eigenvalue weighted by Gasteiger charge is -2.28. The molecule has 3 aromatic heterocycles. The fraction of sp³-hybridized carbons (Fsp3) is 0.231. The van der Waals surface area contributed by atoms with E-state index >= 15 is 0 Å². The summed E-state index contributed by atoms with van der Waals surface area (Å²) in [5.74, 6) is 0.241. The molecule has 0 saturated carbocycles. The zero-order chi connectivity index (χ0) is 23.9. The number of hydrogen-bond acceptors (Lipinski definition) is 5. The average molecular weight is 455 g/mol. The smallest absolute Gasteiger partial charge is 0.260 e. The Kier molecular flexibility index (Phi) is 5.28. The van der Waals surface area contributed by atoms with Gasteiger partial charge >= 0.3 is 0 Å². The number of rotatable bonds is 5. The highest BCUT2D eigenvalue weighted by Gasteiger charge is 2.35. The highest BCUT2D eigenvalue weighted by Crippen LogP contribution is 2.43. The summed E-state index contributed by atoms with van der Waals surface area (Å²) < 4.78 is 1.57. The number of anilines is 3. The van der Waals surface area contributed by atoms with E-state index in [0.717, 1.165) is 34.7 Å². The number of carbonyl (C=O) groups is 2. The van der Waals surface area contributed by atoms with Gasteiger partial charge in [0.25, 0.3) is 5.91 Å². The van der Waals surface area contributed by atoms with E-state index in [0.29, 0.717) is 23.4 Å². The Hall–Kier alpha value is -4.20. The highest BCUT2D eigenvalue weighted by atomic mass is 16.1. The third-order valence-electron chi connectivity index (χ3n) is 5.95. The van der Waals surface area contributed by atoms with Crippen LogP contribution in [0.2, 0.25) is 0 Å². The second-order valence-corrected chi connectivity index (χ2v) is 9.45. The van der Waals surface area contributed by atoms with Crippen LogP contribution in [0.5, 0.6) is 0 Å². The van der Waals surface area contributed by atoms with Gasteiger partial charge in [-0.3, -0.25) is 14.3 Å². The summed E-state index contributed by atoms with van der Waals surface area (Å²) in [4.78, 5) is 33.6. The van der Waals surface area contributed by atoms with Crippen molar-refractivity contribution >= 4 is 28.9 Å². The van der Waals surface area contributed by atoms with Crippen LogP contribution in [0.4, 0.5) is 17.2 Å². The molecule has 34 heavy (non-hydrogen) atoms. The zero-order valence-electron chi connectivity index (χ0n) is 19.3. The third kappa shape index (κ3) is 4.22. The first-order valence-corrected chi connectivity index (χ1v) is 11.2. The number of nitrogens with one attached hydrogen (secondary N) is 3. The van der Waals surface area contributed by atoms with E-state index in [1.807, 2.05) is 36.4 Å². The number of amides is 1. The molecule has 1 aliphatic carbocycles. The second-order valence-electron chi connectivity index (χ2n) is 9.45. The van der Waals surface area contributed by atoms with E-state index in [4.69, 9.17) is 0 Å². The van der Waals surface area contributed by atoms with E-state index in [9.17, 15) is 9.59 Å². The molecule has 0 radical (unpaired) electrons. The van der Waals surface area contributed by atoms with Crippen LogP contribution in [0.15, 0.2) is 61.1 Å². The van der Waals surface area contributed by atoms with Crippen molar-refractivity contribution in [3.63, 3.8) is 0 Å². The number of ketones is 1. The molecule has 1 aromatic carbocycles. The lowest BCUT2D eigenvalue weighted by Crippen LogP contribution is -2.26. The lowest BCUT2D eigenvalue weighted by atomic mass is 9.76. The van der Waals surface area contributed by atoms with Crippen LogP contribution in [-0.2, 0) is 13.5 Å². The summed E-state index contributed by atoms with van der Waals surface area (Å²) in [6, 6.07) is 13.4. The van der Waals surface area contributed by atoms with Crippen molar-refractivity contribution in [3.8, 4) is 11.3 Å². The number of benzene rings is 1. The number of Topliss-reactive ketones (excluding diaryl/α,β-unsaturated/α-hetero) is 1. The average Bonchev–Trinajstić information content (AvgIpc) is 3.38. The summed E-state index contributed by atoms with van der Waals surface area (Å²) in [5, 5.41) is 10.3. The van der Waals surface area contributed by atoms with Gasteiger partial charge in [-0.15, -0.1) is 0 Å². The van der Waals surface area contributed by atoms with Gasteiger partial charge < -0.3 is 15.6 Å². The van der Waals surface area contributed by atoms with E-state index in [2.05, 4.69) is 39.5 Å². The van der Waals surface area contributed by atoms with Crippen molar-refractivity contribution in [2.24, 2.45) is 12.5 Å². The minimum atomic E-state index is -0.289. The molecule has 0 spiro atoms. The Labute approximate surface area is 197 Å². The number of para-hydroxylation sites is 1. The molecule has 172 valence electrons. The number of aromatic nitrogens is 4. The first-order valence-electron chi connectivity index (χ1n) is 11.2. The van der Waals surface area contributed by atoms with E-state index in [1.165, 1.54) is 6.20 Å². The molecule has 8 heteroatoms. The van der Waals surface area contributed by atoms with Crippen molar-refractivity contribution in [1.29, 1.82) is 0 Å². The number of fused-ring (bicyclic) bond motifs is 1. The zero-order valence-corrected chi connectivity index (χ0v) is 19.3. The van der Waals surface area contributed by atoms with Gasteiger partial charge in [-0.05, 0) is 36.1 Å². The molecule has 5 rings (SSSR count). The fourth-order valence-corrected chi connectivity index (χ4v) is 4.44. The molecule has 4 aromatic rings. The number of carbonyl (C=O) groups excluding carboxylic acids is 2. The molecule has 1 aliphatic rings. The van der Waals surface area contributed by atoms with Crippen molar-refractivity contribution in [2.45, 2.75) is 26.7 Å². The Bertz CT molecular complexity index is 1380. The molecule has 0 bridgehead atoms. The SMILES string of the molecule is Cn1cc(C(=O)Nc2cc(-c3[nH]c4c(c3Nc3ccccc3)C(=O)CC(C)(C)C4)ccn2)cn1. The highest BCUT2D eigenvalue weighted by molar-refractivity contribution is 6.08. The largest absolute Gasteiger partial charge is 0.356 e. The molecule has 8 nitrogen and oxygen atoms in total. The summed E-state index contributed by atoms with van der Waals surface area (Å²) in [6.45, 7) is 4.22. The molecule has 3 heterocycles. The van der Waals surface area contributed by atoms with Gasteiger partial charge in [0.2, 0.25) is 0 Å². The summed E-state index contributed by atoms with van der Waals surface area (Å²) in [6.07, 6.45) is 6.06. The van der Waals surface area contributed by atoms with Gasteiger partial charge in [0, 0.05) is 42.8 Å². The maximum Gasteiger partial charge on any atom is 0.260 e. The van der Waals surface area contributed by atoms with Crippen LogP contribution in [0.25, 0.3) is 11.3 Å². The predicted octanol–water partition coefficient (Wildman–Crippen LogP) is 4.96. The number of nitrogens with zero attached hydrogens (tertiary/aromatic N) is 3. The summed E-state index contributed by atoms with van der Waals surface area (Å²) >= 11 is 0. The number of pyridine rings is 1. The molecular weight excluding hydrogens is 428 g/mol. The van der Waals surface area contributed by atoms with Crippen LogP contribution >= 0.6 is 0 Å². The molecule has 0 unspecified atom stereocenters. The number of aryl methyl sites for hydroxylation is 1. The van der Waals surface area contributed by atoms with E-state index < -0.39 is 0 Å². The van der Waals surface area contributed by atoms with Crippen LogP contribution in [0.1, 0.15) is 46.7 Å². The van der Waals surface area contributed by atoms with Gasteiger partial charge in [-0.1, -0.05) is 32.0 Å². The van der Waals surface area contributed by atoms with Crippen LogP contribution in [0.3, 0.4) is 0 Å². The van der Waals surface area contributed by atoms with Crippen LogP contribution in [-0.4, -0.2) is 31.4 Å². The van der Waals surface area contributed by atoms with Crippen LogP contribution < -0.4 is 10.6 Å². The minimum absolute atomic E-state index is 0.114. The number of hydrogen-bond donors (Lipinski definition) is 3. The monoisotopic (exact) mass is 454 g/mol. The van der Waals surface area contributed by atoms with Crippen molar-refractivity contribution in [1.82, 2.24) is 19.7 Å². The van der Waals surface area contributed by atoms with Gasteiger partial charge in [0.1, 0.15) is 5.82 Å². The Morgan fingerprint density at radius 3 is 2.68 bits per heavy atom. The molecule has 0 fully saturated rings. The van der Waals surface area contributed by atoms with E-state index in [-0.39, 0.29) is 17.1 Å². The summed E-state index contributed by atoms with van der Waals surface area (Å²) in [7, 11) is 1.76. The van der Waals surface area contributed by atoms with Crippen molar-refractivity contribution in [3.05, 3.63) is 77.9 Å². The Morgan fingerprint density at radius 1 is 1.15 bits per heavy atom. The Balaban J connectivity index is 1.55. The first-order chi connectivity index (χ1) is 16.3. The normalized spacial score (nSPS) is 14.5. The first kappa shape index (κ1) is 21.6. The molecule has 0 atom stereocenters. The third-order valence-corrected chi connectivity index (χ3v) is 5.95. The van der Waals surface area contributed by atoms with Gasteiger partial charge in [-0.25, -0.2) is 4.98 Å². The second kappa shape index (κ2) is 8.30. The maximum atomic E-state index is 13.2. The maximum absolute atomic E-state index is 13.2. The molecule has 0 aliphatic heterocycles. The number of H-pyrrole nitrogens is 1. The van der Waals surface area contributed by atoms with Crippen molar-refractivity contribution < 1.29 is 9.59 Å². The standard InChI is InChI=1S/C26H26N6O2/c1-26(2)12-19-22(20(33)13-26)24(29-18-7-5-4-6-8-18)23(30-19)16-9-10-27-21(11-16)31-25(34)17-14-28-32(3)15-17/h4-11,14-15,29-30H,12-13H2,1-3H3,(H,27,31,34). The molecular formula is C26H26N6O2. The fourth-order valence-electron chi connectivity index (χ4n) is 4.44. The van der Waals surface area contributed by atoms with E-state index in [1.54, 1.807) is 30.2 Å². The van der Waals surface area contributed by atoms with Crippen LogP contribution in [0, 0.1) is 5.41 Å². The topological polar surface area (TPSA) is 105 Å². The van der Waals surface area contributed by atoms with Gasteiger partial charge in [-0.2, -0.15) is 5.10 Å². The number of aromatic amines is 1. The molecule has 3 N–H and O–H groups in total. The lowest BCUT2D eigenvalue weighted by molar-refractivity contribution is 0.0912. The quantitative estimate of drug-likeness (QED) is 0.395. The minimum Gasteiger partial charge on any atom is -0.356 e. The Morgan fingerprint density at radius 2 is 1.94 bits per heavy atom. The van der Waals surface area contributed by atoms with Crippen molar-refractivity contribution in [2.75, 3.05) is 10.6 Å².